The summed E-state index contributed by atoms with van der Waals surface area (Å²) >= 11 is 1.62. The van der Waals surface area contributed by atoms with E-state index in [9.17, 15) is 4.79 Å². The van der Waals surface area contributed by atoms with Gasteiger partial charge < -0.3 is 10.2 Å². The smallest absolute Gasteiger partial charge is 0.275 e. The number of nitrogens with zero attached hydrogens (tertiary/aromatic N) is 2. The Labute approximate surface area is 195 Å². The number of benzene rings is 2. The molecule has 1 N–H and O–H groups in total. The Balaban J connectivity index is 1.39. The van der Waals surface area contributed by atoms with E-state index in [0.29, 0.717) is 11.6 Å². The maximum absolute atomic E-state index is 13.0. The van der Waals surface area contributed by atoms with E-state index in [4.69, 9.17) is 4.98 Å². The third kappa shape index (κ3) is 5.53. The number of likely N-dealkylation sites (tertiary alicyclic amines) is 1. The van der Waals surface area contributed by atoms with Gasteiger partial charge in [-0.25, -0.2) is 4.98 Å². The van der Waals surface area contributed by atoms with E-state index < -0.39 is 0 Å². The van der Waals surface area contributed by atoms with Crippen molar-refractivity contribution in [1.29, 1.82) is 0 Å². The monoisotopic (exact) mass is 445 g/mol. The van der Waals surface area contributed by atoms with Gasteiger partial charge in [0.1, 0.15) is 5.69 Å². The molecule has 1 amide bonds. The van der Waals surface area contributed by atoms with Gasteiger partial charge in [-0.1, -0.05) is 54.1 Å². The quantitative estimate of drug-likeness (QED) is 0.317. The normalized spacial score (nSPS) is 14.9. The maximum atomic E-state index is 13.0. The highest BCUT2D eigenvalue weighted by molar-refractivity contribution is 7.10. The standard InChI is InChI=1S/C27H31N3OS/c1-3-4-7-16-30-17-14-22(15-18-30)27-29-25(19-32-27)26(31)28-24-9-6-5-8-23(24)21-12-10-20(2)11-13-21/h3,5-6,8-13,19,22H,1,4,7,14-18H2,2H3,(H,28,31). The number of allylic oxidation sites excluding steroid dienone is 1. The van der Waals surface area contributed by atoms with Crippen LogP contribution in [0.25, 0.3) is 11.1 Å². The third-order valence-corrected chi connectivity index (χ3v) is 7.12. The Bertz CT molecular complexity index is 1050. The number of rotatable bonds is 8. The second kappa shape index (κ2) is 10.7. The molecule has 4 nitrogen and oxygen atoms in total. The second-order valence-corrected chi connectivity index (χ2v) is 9.37. The molecule has 0 radical (unpaired) electrons. The van der Waals surface area contributed by atoms with Crippen molar-refractivity contribution in [2.75, 3.05) is 25.0 Å². The summed E-state index contributed by atoms with van der Waals surface area (Å²) in [5, 5.41) is 6.07. The van der Waals surface area contributed by atoms with Gasteiger partial charge in [0.2, 0.25) is 0 Å². The van der Waals surface area contributed by atoms with Crippen molar-refractivity contribution >= 4 is 22.9 Å². The fraction of sp³-hybridized carbons (Fsp3) is 0.333. The topological polar surface area (TPSA) is 45.2 Å². The molecule has 0 saturated carbocycles. The highest BCUT2D eigenvalue weighted by atomic mass is 32.1. The summed E-state index contributed by atoms with van der Waals surface area (Å²) < 4.78 is 0. The molecule has 0 bridgehead atoms. The molecular formula is C27H31N3OS. The van der Waals surface area contributed by atoms with Crippen LogP contribution in [0.5, 0.6) is 0 Å². The number of nitrogens with one attached hydrogen (secondary N) is 1. The average molecular weight is 446 g/mol. The molecule has 2 aromatic carbocycles. The minimum Gasteiger partial charge on any atom is -0.320 e. The highest BCUT2D eigenvalue weighted by Gasteiger charge is 2.24. The highest BCUT2D eigenvalue weighted by Crippen LogP contribution is 2.32. The van der Waals surface area contributed by atoms with Crippen LogP contribution in [0.1, 0.15) is 52.7 Å². The van der Waals surface area contributed by atoms with Crippen molar-refractivity contribution in [2.24, 2.45) is 0 Å². The van der Waals surface area contributed by atoms with Crippen molar-refractivity contribution in [3.63, 3.8) is 0 Å². The SMILES string of the molecule is C=CCCCN1CCC(c2nc(C(=O)Nc3ccccc3-c3ccc(C)cc3)cs2)CC1. The molecule has 1 saturated heterocycles. The Morgan fingerprint density at radius 1 is 1.19 bits per heavy atom. The summed E-state index contributed by atoms with van der Waals surface area (Å²) in [6.07, 6.45) is 6.48. The first-order chi connectivity index (χ1) is 15.6. The number of anilines is 1. The molecule has 5 heteroatoms. The van der Waals surface area contributed by atoms with Crippen LogP contribution in [0.15, 0.2) is 66.6 Å². The molecule has 0 spiro atoms. The number of aryl methyl sites for hydroxylation is 1. The van der Waals surface area contributed by atoms with Gasteiger partial charge in [-0.2, -0.15) is 0 Å². The number of thiazole rings is 1. The van der Waals surface area contributed by atoms with Crippen LogP contribution in [0.3, 0.4) is 0 Å². The maximum Gasteiger partial charge on any atom is 0.275 e. The number of amides is 1. The van der Waals surface area contributed by atoms with Crippen molar-refractivity contribution in [3.8, 4) is 11.1 Å². The minimum atomic E-state index is -0.145. The molecular weight excluding hydrogens is 414 g/mol. The predicted octanol–water partition coefficient (Wildman–Crippen LogP) is 6.52. The molecule has 1 fully saturated rings. The van der Waals surface area contributed by atoms with Crippen LogP contribution in [0.2, 0.25) is 0 Å². The number of para-hydroxylation sites is 1. The van der Waals surface area contributed by atoms with E-state index in [1.807, 2.05) is 35.7 Å². The summed E-state index contributed by atoms with van der Waals surface area (Å²) in [5.74, 6) is 0.311. The van der Waals surface area contributed by atoms with E-state index in [0.717, 1.165) is 60.7 Å². The van der Waals surface area contributed by atoms with Gasteiger partial charge in [0.25, 0.3) is 5.91 Å². The van der Waals surface area contributed by atoms with Crippen molar-refractivity contribution in [2.45, 2.75) is 38.5 Å². The first-order valence-corrected chi connectivity index (χ1v) is 12.3. The van der Waals surface area contributed by atoms with Crippen LogP contribution in [-0.4, -0.2) is 35.4 Å². The summed E-state index contributed by atoms with van der Waals surface area (Å²) in [6.45, 7) is 9.23. The van der Waals surface area contributed by atoms with Gasteiger partial charge in [0.15, 0.2) is 0 Å². The number of carbonyl (C=O) groups is 1. The molecule has 32 heavy (non-hydrogen) atoms. The van der Waals surface area contributed by atoms with Gasteiger partial charge in [-0.05, 0) is 63.9 Å². The number of unbranched alkanes of at least 4 members (excludes halogenated alkanes) is 1. The van der Waals surface area contributed by atoms with Crippen molar-refractivity contribution in [1.82, 2.24) is 9.88 Å². The minimum absolute atomic E-state index is 0.145. The number of aromatic nitrogens is 1. The zero-order valence-electron chi connectivity index (χ0n) is 18.7. The van der Waals surface area contributed by atoms with E-state index >= 15 is 0 Å². The molecule has 4 rings (SSSR count). The third-order valence-electron chi connectivity index (χ3n) is 6.11. The van der Waals surface area contributed by atoms with Crippen molar-refractivity contribution in [3.05, 3.63) is 82.8 Å². The van der Waals surface area contributed by atoms with E-state index in [-0.39, 0.29) is 5.91 Å². The molecule has 1 aliphatic rings. The first kappa shape index (κ1) is 22.4. The second-order valence-electron chi connectivity index (χ2n) is 8.48. The lowest BCUT2D eigenvalue weighted by Crippen LogP contribution is -2.33. The largest absolute Gasteiger partial charge is 0.320 e. The van der Waals surface area contributed by atoms with Crippen molar-refractivity contribution < 1.29 is 4.79 Å². The fourth-order valence-electron chi connectivity index (χ4n) is 4.21. The summed E-state index contributed by atoms with van der Waals surface area (Å²) in [7, 11) is 0. The lowest BCUT2D eigenvalue weighted by Gasteiger charge is -2.30. The fourth-order valence-corrected chi connectivity index (χ4v) is 5.18. The van der Waals surface area contributed by atoms with Gasteiger partial charge in [0.05, 0.1) is 5.01 Å². The molecule has 3 aromatic rings. The van der Waals surface area contributed by atoms with Crippen LogP contribution in [0, 0.1) is 6.92 Å². The van der Waals surface area contributed by atoms with E-state index in [1.165, 1.54) is 12.0 Å². The zero-order valence-corrected chi connectivity index (χ0v) is 19.5. The Morgan fingerprint density at radius 2 is 1.94 bits per heavy atom. The Morgan fingerprint density at radius 3 is 2.69 bits per heavy atom. The lowest BCUT2D eigenvalue weighted by molar-refractivity contribution is 0.102. The van der Waals surface area contributed by atoms with E-state index in [2.05, 4.69) is 48.0 Å². The van der Waals surface area contributed by atoms with Gasteiger partial charge in [-0.3, -0.25) is 4.79 Å². The molecule has 0 unspecified atom stereocenters. The first-order valence-electron chi connectivity index (χ1n) is 11.4. The molecule has 1 aromatic heterocycles. The van der Waals surface area contributed by atoms with Crippen LogP contribution >= 0.6 is 11.3 Å². The van der Waals surface area contributed by atoms with Crippen LogP contribution in [-0.2, 0) is 0 Å². The molecule has 1 aliphatic heterocycles. The van der Waals surface area contributed by atoms with Crippen LogP contribution in [0.4, 0.5) is 5.69 Å². The lowest BCUT2D eigenvalue weighted by atomic mass is 9.97. The van der Waals surface area contributed by atoms with Crippen LogP contribution < -0.4 is 5.32 Å². The number of piperidine rings is 1. The van der Waals surface area contributed by atoms with E-state index in [1.54, 1.807) is 11.3 Å². The molecule has 2 heterocycles. The molecule has 166 valence electrons. The van der Waals surface area contributed by atoms with Gasteiger partial charge >= 0.3 is 0 Å². The average Bonchev–Trinajstić information content (AvgIpc) is 3.31. The zero-order chi connectivity index (χ0) is 22.3. The number of hydrogen-bond acceptors (Lipinski definition) is 4. The molecule has 0 aliphatic carbocycles. The van der Waals surface area contributed by atoms with Gasteiger partial charge in [0, 0.05) is 22.5 Å². The summed E-state index contributed by atoms with van der Waals surface area (Å²) in [6, 6.07) is 16.3. The Hall–Kier alpha value is -2.76. The predicted molar refractivity (Wildman–Crippen MR) is 135 cm³/mol. The Kier molecular flexibility index (Phi) is 7.51. The van der Waals surface area contributed by atoms with Gasteiger partial charge in [-0.15, -0.1) is 17.9 Å². The number of carbonyl (C=O) groups excluding carboxylic acids is 1. The summed E-state index contributed by atoms with van der Waals surface area (Å²) in [5.41, 5.74) is 4.64. The number of hydrogen-bond donors (Lipinski definition) is 1. The summed E-state index contributed by atoms with van der Waals surface area (Å²) in [4.78, 5) is 20.2. The molecule has 0 atom stereocenters.